The minimum atomic E-state index is -0.306. The van der Waals surface area contributed by atoms with Gasteiger partial charge in [0.2, 0.25) is 5.91 Å². The van der Waals surface area contributed by atoms with E-state index in [-0.39, 0.29) is 11.9 Å². The first-order valence-electron chi connectivity index (χ1n) is 7.82. The fraction of sp³-hybridized carbons (Fsp3) is 0.688. The Hall–Kier alpha value is -1.29. The van der Waals surface area contributed by atoms with Crippen LogP contribution in [-0.4, -0.2) is 30.4 Å². The van der Waals surface area contributed by atoms with Gasteiger partial charge < -0.3 is 14.6 Å². The van der Waals surface area contributed by atoms with Crippen LogP contribution in [0.3, 0.4) is 0 Å². The van der Waals surface area contributed by atoms with Gasteiger partial charge in [0.25, 0.3) is 0 Å². The van der Waals surface area contributed by atoms with E-state index in [0.29, 0.717) is 6.04 Å². The summed E-state index contributed by atoms with van der Waals surface area (Å²) < 4.78 is 5.56. The average Bonchev–Trinajstić information content (AvgIpc) is 3.12. The van der Waals surface area contributed by atoms with Crippen molar-refractivity contribution in [1.29, 1.82) is 0 Å². The standard InChI is InChI=1S/C16H22N2O2/c1-17-14-15-10(5-7-20-15)4-6-18(16(14)19)13-3-2-11-8-12(11)9-13/h5,7,11-14,17H,2-4,6,8-9H2,1H3. The van der Waals surface area contributed by atoms with Crippen molar-refractivity contribution < 1.29 is 9.21 Å². The summed E-state index contributed by atoms with van der Waals surface area (Å²) in [6, 6.07) is 2.15. The van der Waals surface area contributed by atoms with Crippen molar-refractivity contribution in [1.82, 2.24) is 10.2 Å². The lowest BCUT2D eigenvalue weighted by Crippen LogP contribution is -2.46. The minimum Gasteiger partial charge on any atom is -0.467 e. The number of rotatable bonds is 2. The summed E-state index contributed by atoms with van der Waals surface area (Å²) in [5, 5.41) is 3.14. The molecule has 108 valence electrons. The largest absolute Gasteiger partial charge is 0.467 e. The highest BCUT2D eigenvalue weighted by atomic mass is 16.3. The van der Waals surface area contributed by atoms with E-state index in [9.17, 15) is 4.79 Å². The van der Waals surface area contributed by atoms with Crippen LogP contribution in [0, 0.1) is 11.8 Å². The van der Waals surface area contributed by atoms with E-state index in [0.717, 1.165) is 30.6 Å². The number of hydrogen-bond acceptors (Lipinski definition) is 3. The van der Waals surface area contributed by atoms with Crippen LogP contribution in [0.15, 0.2) is 16.7 Å². The van der Waals surface area contributed by atoms with Crippen molar-refractivity contribution >= 4 is 5.91 Å². The van der Waals surface area contributed by atoms with E-state index < -0.39 is 0 Å². The summed E-state index contributed by atoms with van der Waals surface area (Å²) in [7, 11) is 1.84. The molecule has 0 radical (unpaired) electrons. The summed E-state index contributed by atoms with van der Waals surface area (Å²) in [4.78, 5) is 15.0. The molecular formula is C16H22N2O2. The molecular weight excluding hydrogens is 252 g/mol. The third-order valence-electron chi connectivity index (χ3n) is 5.44. The van der Waals surface area contributed by atoms with E-state index in [1.165, 1.54) is 31.2 Å². The summed E-state index contributed by atoms with van der Waals surface area (Å²) >= 11 is 0. The highest BCUT2D eigenvalue weighted by Gasteiger charge is 2.45. The number of carbonyl (C=O) groups excluding carboxylic acids is 1. The summed E-state index contributed by atoms with van der Waals surface area (Å²) in [5.74, 6) is 2.89. The van der Waals surface area contributed by atoms with Crippen LogP contribution >= 0.6 is 0 Å². The molecule has 1 aliphatic heterocycles. The second-order valence-corrected chi connectivity index (χ2v) is 6.54. The fourth-order valence-corrected chi connectivity index (χ4v) is 4.16. The fourth-order valence-electron chi connectivity index (χ4n) is 4.16. The molecule has 20 heavy (non-hydrogen) atoms. The predicted octanol–water partition coefficient (Wildman–Crippen LogP) is 2.11. The average molecular weight is 274 g/mol. The van der Waals surface area contributed by atoms with Gasteiger partial charge in [0, 0.05) is 12.6 Å². The quantitative estimate of drug-likeness (QED) is 0.898. The normalized spacial score (nSPS) is 36.2. The number of amides is 1. The molecule has 2 fully saturated rings. The molecule has 4 rings (SSSR count). The molecule has 0 spiro atoms. The van der Waals surface area contributed by atoms with Crippen molar-refractivity contribution in [2.75, 3.05) is 13.6 Å². The number of likely N-dealkylation sites (N-methyl/N-ethyl adjacent to an activating group) is 1. The van der Waals surface area contributed by atoms with Crippen molar-refractivity contribution in [2.45, 2.75) is 44.2 Å². The monoisotopic (exact) mass is 274 g/mol. The third-order valence-corrected chi connectivity index (χ3v) is 5.44. The molecule has 2 saturated carbocycles. The maximum Gasteiger partial charge on any atom is 0.247 e. The molecule has 2 aliphatic carbocycles. The van der Waals surface area contributed by atoms with Crippen LogP contribution < -0.4 is 5.32 Å². The van der Waals surface area contributed by atoms with Crippen LogP contribution in [0.2, 0.25) is 0 Å². The molecule has 0 saturated heterocycles. The molecule has 2 heterocycles. The summed E-state index contributed by atoms with van der Waals surface area (Å²) in [6.45, 7) is 0.839. The Kier molecular flexibility index (Phi) is 2.88. The lowest BCUT2D eigenvalue weighted by Gasteiger charge is -2.34. The topological polar surface area (TPSA) is 45.5 Å². The SMILES string of the molecule is CNC1C(=O)N(C2CCC3CC3C2)CCc2ccoc21. The van der Waals surface area contributed by atoms with Crippen LogP contribution in [0.4, 0.5) is 0 Å². The first-order valence-corrected chi connectivity index (χ1v) is 7.82. The van der Waals surface area contributed by atoms with Gasteiger partial charge in [-0.1, -0.05) is 0 Å². The molecule has 1 aromatic rings. The number of fused-ring (bicyclic) bond motifs is 2. The molecule has 4 atom stereocenters. The van der Waals surface area contributed by atoms with Gasteiger partial charge in [-0.3, -0.25) is 4.79 Å². The zero-order valence-electron chi connectivity index (χ0n) is 12.0. The van der Waals surface area contributed by atoms with Crippen LogP contribution in [-0.2, 0) is 11.2 Å². The lowest BCUT2D eigenvalue weighted by molar-refractivity contribution is -0.136. The van der Waals surface area contributed by atoms with Crippen LogP contribution in [0.25, 0.3) is 0 Å². The number of hydrogen-bond donors (Lipinski definition) is 1. The Balaban J connectivity index is 1.59. The van der Waals surface area contributed by atoms with Gasteiger partial charge in [0.05, 0.1) is 6.26 Å². The Bertz CT molecular complexity index is 524. The first-order chi connectivity index (χ1) is 9.78. The van der Waals surface area contributed by atoms with Gasteiger partial charge in [-0.15, -0.1) is 0 Å². The van der Waals surface area contributed by atoms with Gasteiger partial charge in [-0.25, -0.2) is 0 Å². The smallest absolute Gasteiger partial charge is 0.247 e. The first kappa shape index (κ1) is 12.5. The maximum atomic E-state index is 12.9. The van der Waals surface area contributed by atoms with Crippen LogP contribution in [0.1, 0.15) is 43.0 Å². The second kappa shape index (κ2) is 4.62. The highest BCUT2D eigenvalue weighted by Crippen LogP contribution is 2.50. The van der Waals surface area contributed by atoms with Crippen molar-refractivity contribution in [3.05, 3.63) is 23.7 Å². The van der Waals surface area contributed by atoms with E-state index in [1.807, 2.05) is 13.1 Å². The van der Waals surface area contributed by atoms with Crippen molar-refractivity contribution in [3.8, 4) is 0 Å². The van der Waals surface area contributed by atoms with E-state index in [2.05, 4.69) is 10.2 Å². The summed E-state index contributed by atoms with van der Waals surface area (Å²) in [6.07, 6.45) is 7.73. The Morgan fingerprint density at radius 1 is 1.30 bits per heavy atom. The summed E-state index contributed by atoms with van der Waals surface area (Å²) in [5.41, 5.74) is 1.18. The van der Waals surface area contributed by atoms with Crippen molar-refractivity contribution in [3.63, 3.8) is 0 Å². The zero-order chi connectivity index (χ0) is 13.7. The van der Waals surface area contributed by atoms with Crippen LogP contribution in [0.5, 0.6) is 0 Å². The zero-order valence-corrected chi connectivity index (χ0v) is 12.0. The highest BCUT2D eigenvalue weighted by molar-refractivity contribution is 5.84. The van der Waals surface area contributed by atoms with Gasteiger partial charge >= 0.3 is 0 Å². The minimum absolute atomic E-state index is 0.199. The lowest BCUT2D eigenvalue weighted by atomic mass is 9.93. The molecule has 1 aromatic heterocycles. The van der Waals surface area contributed by atoms with Gasteiger partial charge in [-0.05, 0) is 62.6 Å². The van der Waals surface area contributed by atoms with Gasteiger partial charge in [0.1, 0.15) is 11.8 Å². The molecule has 0 aromatic carbocycles. The number of carbonyl (C=O) groups is 1. The van der Waals surface area contributed by atoms with E-state index in [1.54, 1.807) is 6.26 Å². The molecule has 4 nitrogen and oxygen atoms in total. The van der Waals surface area contributed by atoms with E-state index in [4.69, 9.17) is 4.42 Å². The molecule has 1 amide bonds. The molecule has 0 bridgehead atoms. The van der Waals surface area contributed by atoms with E-state index >= 15 is 0 Å². The Morgan fingerprint density at radius 2 is 2.20 bits per heavy atom. The third kappa shape index (κ3) is 1.89. The van der Waals surface area contributed by atoms with Gasteiger partial charge in [-0.2, -0.15) is 0 Å². The predicted molar refractivity (Wildman–Crippen MR) is 75.2 cm³/mol. The Labute approximate surface area is 119 Å². The number of furan rings is 1. The van der Waals surface area contributed by atoms with Crippen molar-refractivity contribution in [2.24, 2.45) is 11.8 Å². The number of nitrogens with zero attached hydrogens (tertiary/aromatic N) is 1. The molecule has 1 N–H and O–H groups in total. The second-order valence-electron chi connectivity index (χ2n) is 6.54. The van der Waals surface area contributed by atoms with Gasteiger partial charge in [0.15, 0.2) is 0 Å². The molecule has 3 aliphatic rings. The maximum absolute atomic E-state index is 12.9. The Morgan fingerprint density at radius 3 is 3.00 bits per heavy atom. The number of nitrogens with one attached hydrogen (secondary N) is 1. The molecule has 4 heteroatoms. The molecule has 4 unspecified atom stereocenters.